The van der Waals surface area contributed by atoms with Crippen LogP contribution in [0.5, 0.6) is 5.75 Å². The molecule has 1 aromatic heterocycles. The molecule has 0 saturated heterocycles. The third-order valence-corrected chi connectivity index (χ3v) is 4.14. The van der Waals surface area contributed by atoms with Gasteiger partial charge in [-0.2, -0.15) is 0 Å². The molecule has 1 heterocycles. The van der Waals surface area contributed by atoms with E-state index >= 15 is 0 Å². The number of ether oxygens (including phenoxy) is 1. The molecular weight excluding hydrogens is 342 g/mol. The number of carbonyl (C=O) groups excluding carboxylic acids is 1. The predicted octanol–water partition coefficient (Wildman–Crippen LogP) is 3.70. The fourth-order valence-corrected chi connectivity index (χ4v) is 2.73. The molecule has 0 atom stereocenters. The maximum Gasteiger partial charge on any atom is 0.255 e. The Labute approximate surface area is 158 Å². The topological polar surface area (TPSA) is 81.9 Å². The highest BCUT2D eigenvalue weighted by atomic mass is 16.5. The van der Waals surface area contributed by atoms with Gasteiger partial charge in [-0.3, -0.25) is 4.79 Å². The Morgan fingerprint density at radius 2 is 2.00 bits per heavy atom. The van der Waals surface area contributed by atoms with Crippen LogP contribution in [0.1, 0.15) is 47.2 Å². The molecule has 1 N–H and O–H groups in total. The second-order valence-corrected chi connectivity index (χ2v) is 6.72. The first-order chi connectivity index (χ1) is 12.9. The van der Waals surface area contributed by atoms with Crippen molar-refractivity contribution in [3.8, 4) is 5.75 Å². The molecule has 140 valence electrons. The minimum atomic E-state index is -0.181. The van der Waals surface area contributed by atoms with Gasteiger partial charge in [-0.15, -0.1) is 5.10 Å². The van der Waals surface area contributed by atoms with E-state index in [1.54, 1.807) is 28.9 Å². The molecule has 0 unspecified atom stereocenters. The Bertz CT molecular complexity index is 949. The second kappa shape index (κ2) is 7.99. The van der Waals surface area contributed by atoms with Gasteiger partial charge in [-0.1, -0.05) is 23.8 Å². The van der Waals surface area contributed by atoms with Crippen molar-refractivity contribution in [2.45, 2.75) is 40.3 Å². The largest absolute Gasteiger partial charge is 0.486 e. The second-order valence-electron chi connectivity index (χ2n) is 6.72. The van der Waals surface area contributed by atoms with Gasteiger partial charge in [0.05, 0.1) is 6.04 Å². The van der Waals surface area contributed by atoms with E-state index in [9.17, 15) is 4.79 Å². The fraction of sp³-hybridized carbons (Fsp3) is 0.300. The summed E-state index contributed by atoms with van der Waals surface area (Å²) in [5, 5.41) is 14.6. The van der Waals surface area contributed by atoms with Crippen LogP contribution in [0.2, 0.25) is 0 Å². The lowest BCUT2D eigenvalue weighted by Gasteiger charge is -2.11. The van der Waals surface area contributed by atoms with E-state index in [-0.39, 0.29) is 18.6 Å². The standard InChI is InChI=1S/C20H23N5O2/c1-13(2)25-19(22-23-24-25)12-27-17-7-5-6-16(11-17)20(26)21-18-9-8-14(3)10-15(18)4/h5-11,13H,12H2,1-4H3,(H,21,26). The lowest BCUT2D eigenvalue weighted by Crippen LogP contribution is -2.13. The highest BCUT2D eigenvalue weighted by molar-refractivity contribution is 6.04. The van der Waals surface area contributed by atoms with Gasteiger partial charge in [0.25, 0.3) is 5.91 Å². The number of tetrazole rings is 1. The average molecular weight is 365 g/mol. The van der Waals surface area contributed by atoms with Crippen molar-refractivity contribution in [2.75, 3.05) is 5.32 Å². The molecule has 2 aromatic carbocycles. The van der Waals surface area contributed by atoms with Gasteiger partial charge < -0.3 is 10.1 Å². The lowest BCUT2D eigenvalue weighted by molar-refractivity contribution is 0.102. The average Bonchev–Trinajstić information content (AvgIpc) is 3.11. The Kier molecular flexibility index (Phi) is 5.49. The number of nitrogens with one attached hydrogen (secondary N) is 1. The lowest BCUT2D eigenvalue weighted by atomic mass is 10.1. The van der Waals surface area contributed by atoms with E-state index in [2.05, 4.69) is 20.8 Å². The number of hydrogen-bond acceptors (Lipinski definition) is 5. The van der Waals surface area contributed by atoms with Crippen LogP contribution in [-0.4, -0.2) is 26.1 Å². The van der Waals surface area contributed by atoms with Crippen molar-refractivity contribution in [1.82, 2.24) is 20.2 Å². The number of nitrogens with zero attached hydrogens (tertiary/aromatic N) is 4. The Morgan fingerprint density at radius 3 is 2.74 bits per heavy atom. The number of aromatic nitrogens is 4. The molecule has 3 aromatic rings. The Balaban J connectivity index is 1.69. The summed E-state index contributed by atoms with van der Waals surface area (Å²) in [7, 11) is 0. The van der Waals surface area contributed by atoms with Gasteiger partial charge in [0.1, 0.15) is 12.4 Å². The summed E-state index contributed by atoms with van der Waals surface area (Å²) in [4.78, 5) is 12.6. The van der Waals surface area contributed by atoms with Crippen molar-refractivity contribution in [2.24, 2.45) is 0 Å². The summed E-state index contributed by atoms with van der Waals surface area (Å²) in [6.45, 7) is 8.22. The first-order valence-corrected chi connectivity index (χ1v) is 8.82. The SMILES string of the molecule is Cc1ccc(NC(=O)c2cccc(OCc3nnnn3C(C)C)c2)c(C)c1. The van der Waals surface area contributed by atoms with E-state index in [0.29, 0.717) is 17.1 Å². The number of benzene rings is 2. The quantitative estimate of drug-likeness (QED) is 0.720. The molecule has 0 aliphatic rings. The summed E-state index contributed by atoms with van der Waals surface area (Å²) >= 11 is 0. The van der Waals surface area contributed by atoms with Crippen molar-refractivity contribution in [3.05, 3.63) is 65.0 Å². The zero-order chi connectivity index (χ0) is 19.4. The maximum absolute atomic E-state index is 12.6. The van der Waals surface area contributed by atoms with Gasteiger partial charge in [-0.05, 0) is 68.0 Å². The van der Waals surface area contributed by atoms with Crippen molar-refractivity contribution in [3.63, 3.8) is 0 Å². The Morgan fingerprint density at radius 1 is 1.19 bits per heavy atom. The monoisotopic (exact) mass is 365 g/mol. The third-order valence-electron chi connectivity index (χ3n) is 4.14. The third kappa shape index (κ3) is 4.49. The van der Waals surface area contributed by atoms with E-state index in [4.69, 9.17) is 4.74 Å². The highest BCUT2D eigenvalue weighted by Crippen LogP contribution is 2.19. The molecule has 0 spiro atoms. The van der Waals surface area contributed by atoms with E-state index in [1.165, 1.54) is 0 Å². The molecule has 27 heavy (non-hydrogen) atoms. The summed E-state index contributed by atoms with van der Waals surface area (Å²) < 4.78 is 7.48. The van der Waals surface area contributed by atoms with Crippen molar-refractivity contribution in [1.29, 1.82) is 0 Å². The minimum Gasteiger partial charge on any atom is -0.486 e. The molecule has 0 aliphatic carbocycles. The van der Waals surface area contributed by atoms with E-state index in [0.717, 1.165) is 16.8 Å². The highest BCUT2D eigenvalue weighted by Gasteiger charge is 2.12. The van der Waals surface area contributed by atoms with Crippen LogP contribution in [-0.2, 0) is 6.61 Å². The molecule has 0 aliphatic heterocycles. The Hall–Kier alpha value is -3.22. The minimum absolute atomic E-state index is 0.147. The van der Waals surface area contributed by atoms with Gasteiger partial charge in [-0.25, -0.2) is 4.68 Å². The first kappa shape index (κ1) is 18.6. The van der Waals surface area contributed by atoms with Crippen LogP contribution in [0.15, 0.2) is 42.5 Å². The smallest absolute Gasteiger partial charge is 0.255 e. The number of anilines is 1. The van der Waals surface area contributed by atoms with Crippen molar-refractivity contribution >= 4 is 11.6 Å². The number of amides is 1. The summed E-state index contributed by atoms with van der Waals surface area (Å²) in [6, 6.07) is 13.1. The maximum atomic E-state index is 12.6. The van der Waals surface area contributed by atoms with Crippen LogP contribution in [0.4, 0.5) is 5.69 Å². The molecule has 0 fully saturated rings. The van der Waals surface area contributed by atoms with E-state index in [1.807, 2.05) is 45.9 Å². The first-order valence-electron chi connectivity index (χ1n) is 8.82. The molecule has 0 bridgehead atoms. The van der Waals surface area contributed by atoms with Gasteiger partial charge in [0.2, 0.25) is 0 Å². The van der Waals surface area contributed by atoms with E-state index < -0.39 is 0 Å². The van der Waals surface area contributed by atoms with Gasteiger partial charge in [0.15, 0.2) is 5.82 Å². The fourth-order valence-electron chi connectivity index (χ4n) is 2.73. The van der Waals surface area contributed by atoms with Crippen LogP contribution in [0, 0.1) is 13.8 Å². The van der Waals surface area contributed by atoms with Gasteiger partial charge >= 0.3 is 0 Å². The summed E-state index contributed by atoms with van der Waals surface area (Å²) in [5.41, 5.74) is 3.50. The summed E-state index contributed by atoms with van der Waals surface area (Å²) in [6.07, 6.45) is 0. The molecule has 0 radical (unpaired) electrons. The zero-order valence-corrected chi connectivity index (χ0v) is 15.9. The normalized spacial score (nSPS) is 10.9. The van der Waals surface area contributed by atoms with Crippen LogP contribution < -0.4 is 10.1 Å². The molecule has 1 amide bonds. The molecule has 0 saturated carbocycles. The number of rotatable bonds is 6. The molecule has 7 heteroatoms. The molecular formula is C20H23N5O2. The summed E-state index contributed by atoms with van der Waals surface area (Å²) in [5.74, 6) is 1.04. The number of carbonyl (C=O) groups is 1. The zero-order valence-electron chi connectivity index (χ0n) is 15.9. The van der Waals surface area contributed by atoms with Gasteiger partial charge in [0, 0.05) is 11.3 Å². The van der Waals surface area contributed by atoms with Crippen LogP contribution in [0.3, 0.4) is 0 Å². The predicted molar refractivity (Wildman–Crippen MR) is 103 cm³/mol. The van der Waals surface area contributed by atoms with Crippen LogP contribution in [0.25, 0.3) is 0 Å². The molecule has 7 nitrogen and oxygen atoms in total. The van der Waals surface area contributed by atoms with Crippen LogP contribution >= 0.6 is 0 Å². The molecule has 3 rings (SSSR count). The number of aryl methyl sites for hydroxylation is 2. The van der Waals surface area contributed by atoms with Crippen molar-refractivity contribution < 1.29 is 9.53 Å². The number of hydrogen-bond donors (Lipinski definition) is 1.